The van der Waals surface area contributed by atoms with E-state index in [1.165, 1.54) is 0 Å². The van der Waals surface area contributed by atoms with Crippen LogP contribution in [-0.2, 0) is 4.79 Å². The van der Waals surface area contributed by atoms with Crippen LogP contribution in [0.3, 0.4) is 0 Å². The van der Waals surface area contributed by atoms with Crippen LogP contribution in [0.2, 0.25) is 0 Å². The number of carbonyl (C=O) groups excluding carboxylic acids is 1. The number of hydrogen-bond donors (Lipinski definition) is 1. The lowest BCUT2D eigenvalue weighted by Crippen LogP contribution is -2.30. The number of rotatable bonds is 2. The molecule has 0 saturated heterocycles. The lowest BCUT2D eigenvalue weighted by Gasteiger charge is -2.05. The highest BCUT2D eigenvalue weighted by molar-refractivity contribution is 5.92. The summed E-state index contributed by atoms with van der Waals surface area (Å²) in [5, 5.41) is 2.51. The summed E-state index contributed by atoms with van der Waals surface area (Å²) in [4.78, 5) is 10.5. The summed E-state index contributed by atoms with van der Waals surface area (Å²) in [6.45, 7) is 1.80. The highest BCUT2D eigenvalue weighted by atomic mass is 16.1. The monoisotopic (exact) mass is 135 g/mol. The molecule has 1 amide bonds. The summed E-state index contributed by atoms with van der Waals surface area (Å²) in [6.07, 6.45) is 10.3. The largest absolute Gasteiger partial charge is 0.342 e. The lowest BCUT2D eigenvalue weighted by atomic mass is 10.2. The second kappa shape index (κ2) is 4.47. The third-order valence-corrected chi connectivity index (χ3v) is 0.933. The summed E-state index contributed by atoms with van der Waals surface area (Å²) in [5.41, 5.74) is 0. The Hall–Kier alpha value is -1.41. The van der Waals surface area contributed by atoms with Crippen molar-refractivity contribution >= 4 is 5.91 Å². The summed E-state index contributed by atoms with van der Waals surface area (Å²) >= 11 is 0. The first kappa shape index (κ1) is 8.59. The van der Waals surface area contributed by atoms with Crippen LogP contribution in [0.4, 0.5) is 0 Å². The summed E-state index contributed by atoms with van der Waals surface area (Å²) < 4.78 is 0. The normalized spacial score (nSPS) is 10.7. The van der Waals surface area contributed by atoms with Gasteiger partial charge in [0.05, 0.1) is 0 Å². The molecule has 0 bridgehead atoms. The van der Waals surface area contributed by atoms with E-state index in [4.69, 9.17) is 12.8 Å². The fourth-order valence-corrected chi connectivity index (χ4v) is 0.493. The van der Waals surface area contributed by atoms with Gasteiger partial charge in [0.2, 0.25) is 0 Å². The van der Waals surface area contributed by atoms with E-state index in [0.29, 0.717) is 6.42 Å². The van der Waals surface area contributed by atoms with E-state index >= 15 is 0 Å². The first-order valence-corrected chi connectivity index (χ1v) is 2.91. The SMILES string of the molecule is C#CCC(C)NC(=O)C#C. The maximum atomic E-state index is 10.5. The van der Waals surface area contributed by atoms with Crippen molar-refractivity contribution in [2.75, 3.05) is 0 Å². The zero-order chi connectivity index (χ0) is 7.98. The van der Waals surface area contributed by atoms with Crippen LogP contribution in [0, 0.1) is 24.7 Å². The van der Waals surface area contributed by atoms with Gasteiger partial charge in [0.1, 0.15) is 0 Å². The fraction of sp³-hybridized carbons (Fsp3) is 0.375. The van der Waals surface area contributed by atoms with Crippen molar-refractivity contribution < 1.29 is 4.79 Å². The first-order valence-electron chi connectivity index (χ1n) is 2.91. The van der Waals surface area contributed by atoms with Crippen molar-refractivity contribution in [3.05, 3.63) is 0 Å². The van der Waals surface area contributed by atoms with E-state index < -0.39 is 5.91 Å². The van der Waals surface area contributed by atoms with Gasteiger partial charge in [-0.15, -0.1) is 18.8 Å². The molecule has 0 saturated carbocycles. The molecule has 1 N–H and O–H groups in total. The standard InChI is InChI=1S/C8H9NO/c1-4-6-7(3)9-8(10)5-2/h1-2,7H,6H2,3H3,(H,9,10). The Labute approximate surface area is 61.0 Å². The smallest absolute Gasteiger partial charge is 0.295 e. The average molecular weight is 135 g/mol. The predicted molar refractivity (Wildman–Crippen MR) is 39.9 cm³/mol. The molecule has 0 aromatic heterocycles. The van der Waals surface area contributed by atoms with Gasteiger partial charge < -0.3 is 5.32 Å². The second-order valence-corrected chi connectivity index (χ2v) is 1.93. The van der Waals surface area contributed by atoms with Gasteiger partial charge in [0.25, 0.3) is 5.91 Å². The Morgan fingerprint density at radius 3 is 2.70 bits per heavy atom. The van der Waals surface area contributed by atoms with Crippen LogP contribution in [-0.4, -0.2) is 11.9 Å². The molecule has 1 atom stereocenters. The Bertz CT molecular complexity index is 194. The van der Waals surface area contributed by atoms with Crippen molar-refractivity contribution in [1.82, 2.24) is 5.32 Å². The molecule has 0 aromatic rings. The number of terminal acetylenes is 2. The predicted octanol–water partition coefficient (Wildman–Crippen LogP) is 0.148. The Kier molecular flexibility index (Phi) is 3.84. The Morgan fingerprint density at radius 2 is 2.30 bits per heavy atom. The third kappa shape index (κ3) is 3.57. The number of amides is 1. The zero-order valence-corrected chi connectivity index (χ0v) is 5.85. The van der Waals surface area contributed by atoms with Crippen LogP contribution < -0.4 is 5.32 Å². The van der Waals surface area contributed by atoms with E-state index in [0.717, 1.165) is 0 Å². The quantitative estimate of drug-likeness (QED) is 0.536. The minimum absolute atomic E-state index is 0.0338. The molecule has 0 aromatic carbocycles. The van der Waals surface area contributed by atoms with Gasteiger partial charge in [-0.05, 0) is 12.8 Å². The van der Waals surface area contributed by atoms with Gasteiger partial charge in [-0.2, -0.15) is 0 Å². The topological polar surface area (TPSA) is 29.1 Å². The molecule has 0 aliphatic carbocycles. The number of nitrogens with one attached hydrogen (secondary N) is 1. The van der Waals surface area contributed by atoms with Crippen LogP contribution >= 0.6 is 0 Å². The van der Waals surface area contributed by atoms with E-state index in [-0.39, 0.29) is 6.04 Å². The van der Waals surface area contributed by atoms with Gasteiger partial charge in [-0.1, -0.05) is 0 Å². The number of hydrogen-bond acceptors (Lipinski definition) is 1. The minimum Gasteiger partial charge on any atom is -0.342 e. The van der Waals surface area contributed by atoms with Gasteiger partial charge in [0.15, 0.2) is 0 Å². The third-order valence-electron chi connectivity index (χ3n) is 0.933. The second-order valence-electron chi connectivity index (χ2n) is 1.93. The van der Waals surface area contributed by atoms with Gasteiger partial charge in [-0.25, -0.2) is 0 Å². The highest BCUT2D eigenvalue weighted by Gasteiger charge is 2.00. The van der Waals surface area contributed by atoms with E-state index in [2.05, 4.69) is 11.2 Å². The molecule has 0 aliphatic heterocycles. The molecule has 0 heterocycles. The fourth-order valence-electron chi connectivity index (χ4n) is 0.493. The molecule has 10 heavy (non-hydrogen) atoms. The Balaban J connectivity index is 3.62. The molecular formula is C8H9NO. The molecule has 2 nitrogen and oxygen atoms in total. The summed E-state index contributed by atoms with van der Waals surface area (Å²) in [6, 6.07) is -0.0338. The summed E-state index contributed by atoms with van der Waals surface area (Å²) in [5.74, 6) is 3.94. The Morgan fingerprint density at radius 1 is 1.70 bits per heavy atom. The van der Waals surface area contributed by atoms with Crippen LogP contribution in [0.15, 0.2) is 0 Å². The summed E-state index contributed by atoms with van der Waals surface area (Å²) in [7, 11) is 0. The minimum atomic E-state index is -0.414. The maximum Gasteiger partial charge on any atom is 0.295 e. The van der Waals surface area contributed by atoms with Crippen molar-refractivity contribution in [3.63, 3.8) is 0 Å². The maximum absolute atomic E-state index is 10.5. The van der Waals surface area contributed by atoms with Gasteiger partial charge in [-0.3, -0.25) is 4.79 Å². The molecular weight excluding hydrogens is 126 g/mol. The zero-order valence-electron chi connectivity index (χ0n) is 5.85. The molecule has 0 rings (SSSR count). The number of carbonyl (C=O) groups is 1. The lowest BCUT2D eigenvalue weighted by molar-refractivity contribution is -0.116. The van der Waals surface area contributed by atoms with E-state index in [1.54, 1.807) is 6.92 Å². The van der Waals surface area contributed by atoms with Crippen molar-refractivity contribution in [3.8, 4) is 24.7 Å². The van der Waals surface area contributed by atoms with E-state index in [9.17, 15) is 4.79 Å². The molecule has 0 aliphatic rings. The molecule has 2 heteroatoms. The van der Waals surface area contributed by atoms with Crippen molar-refractivity contribution in [2.45, 2.75) is 19.4 Å². The molecule has 0 fully saturated rings. The molecule has 1 unspecified atom stereocenters. The average Bonchev–Trinajstić information content (AvgIpc) is 1.88. The molecule has 0 spiro atoms. The molecule has 0 radical (unpaired) electrons. The van der Waals surface area contributed by atoms with Gasteiger partial charge in [0, 0.05) is 12.5 Å². The van der Waals surface area contributed by atoms with Crippen LogP contribution in [0.1, 0.15) is 13.3 Å². The van der Waals surface area contributed by atoms with Gasteiger partial charge >= 0.3 is 0 Å². The highest BCUT2D eigenvalue weighted by Crippen LogP contribution is 1.85. The molecule has 52 valence electrons. The van der Waals surface area contributed by atoms with Crippen molar-refractivity contribution in [2.24, 2.45) is 0 Å². The first-order chi connectivity index (χ1) is 4.70. The van der Waals surface area contributed by atoms with Crippen LogP contribution in [0.5, 0.6) is 0 Å². The van der Waals surface area contributed by atoms with Crippen LogP contribution in [0.25, 0.3) is 0 Å². The van der Waals surface area contributed by atoms with Crippen molar-refractivity contribution in [1.29, 1.82) is 0 Å². The van der Waals surface area contributed by atoms with E-state index in [1.807, 2.05) is 5.92 Å².